The molecule has 1 aliphatic rings. The SMILES string of the molecule is O=C(O)C(CCc1ccccc1)N1CCNCCNCCNCC1. The van der Waals surface area contributed by atoms with Crippen LogP contribution >= 0.6 is 0 Å². The van der Waals surface area contributed by atoms with E-state index in [0.29, 0.717) is 6.42 Å². The van der Waals surface area contributed by atoms with E-state index in [1.807, 2.05) is 18.2 Å². The Balaban J connectivity index is 1.92. The molecule has 1 aromatic rings. The third kappa shape index (κ3) is 6.97. The summed E-state index contributed by atoms with van der Waals surface area (Å²) in [5.41, 5.74) is 1.19. The van der Waals surface area contributed by atoms with Crippen molar-refractivity contribution in [2.24, 2.45) is 0 Å². The Kier molecular flexibility index (Phi) is 8.76. The van der Waals surface area contributed by atoms with E-state index in [-0.39, 0.29) is 0 Å². The van der Waals surface area contributed by atoms with Gasteiger partial charge in [0.2, 0.25) is 0 Å². The molecule has 1 unspecified atom stereocenters. The lowest BCUT2D eigenvalue weighted by molar-refractivity contribution is -0.143. The second-order valence-electron chi connectivity index (χ2n) is 6.16. The Morgan fingerprint density at radius 2 is 1.50 bits per heavy atom. The summed E-state index contributed by atoms with van der Waals surface area (Å²) in [5.74, 6) is -0.723. The molecule has 1 aliphatic heterocycles. The Hall–Kier alpha value is -1.47. The van der Waals surface area contributed by atoms with Gasteiger partial charge in [0.25, 0.3) is 0 Å². The van der Waals surface area contributed by atoms with Crippen molar-refractivity contribution in [3.8, 4) is 0 Å². The van der Waals surface area contributed by atoms with Gasteiger partial charge in [-0.1, -0.05) is 30.3 Å². The lowest BCUT2D eigenvalue weighted by Gasteiger charge is -2.29. The first-order valence-electron chi connectivity index (χ1n) is 8.90. The van der Waals surface area contributed by atoms with Crippen molar-refractivity contribution in [1.29, 1.82) is 0 Å². The van der Waals surface area contributed by atoms with Gasteiger partial charge in [0.05, 0.1) is 0 Å². The van der Waals surface area contributed by atoms with Crippen LogP contribution in [0.25, 0.3) is 0 Å². The van der Waals surface area contributed by atoms with E-state index >= 15 is 0 Å². The number of nitrogens with one attached hydrogen (secondary N) is 3. The van der Waals surface area contributed by atoms with Crippen LogP contribution in [0.2, 0.25) is 0 Å². The Bertz CT molecular complexity index is 457. The van der Waals surface area contributed by atoms with Gasteiger partial charge >= 0.3 is 5.97 Å². The van der Waals surface area contributed by atoms with Crippen LogP contribution < -0.4 is 16.0 Å². The van der Waals surface area contributed by atoms with Gasteiger partial charge in [-0.2, -0.15) is 0 Å². The zero-order chi connectivity index (χ0) is 17.0. The number of aliphatic carboxylic acids is 1. The highest BCUT2D eigenvalue weighted by Crippen LogP contribution is 2.10. The van der Waals surface area contributed by atoms with Crippen molar-refractivity contribution in [2.75, 3.05) is 52.4 Å². The van der Waals surface area contributed by atoms with E-state index < -0.39 is 12.0 Å². The number of carboxylic acids is 1. The Morgan fingerprint density at radius 3 is 2.04 bits per heavy atom. The molecule has 6 heteroatoms. The molecule has 24 heavy (non-hydrogen) atoms. The van der Waals surface area contributed by atoms with Crippen LogP contribution in [-0.2, 0) is 11.2 Å². The van der Waals surface area contributed by atoms with Crippen LogP contribution in [0.15, 0.2) is 30.3 Å². The average molecular weight is 334 g/mol. The van der Waals surface area contributed by atoms with Crippen molar-refractivity contribution in [1.82, 2.24) is 20.9 Å². The van der Waals surface area contributed by atoms with Gasteiger partial charge < -0.3 is 21.1 Å². The van der Waals surface area contributed by atoms with Gasteiger partial charge in [0.1, 0.15) is 6.04 Å². The van der Waals surface area contributed by atoms with E-state index in [1.54, 1.807) is 0 Å². The molecule has 0 amide bonds. The van der Waals surface area contributed by atoms with E-state index in [9.17, 15) is 9.90 Å². The predicted octanol–water partition coefficient (Wildman–Crippen LogP) is 0.157. The monoisotopic (exact) mass is 334 g/mol. The molecule has 0 saturated carbocycles. The van der Waals surface area contributed by atoms with Gasteiger partial charge in [-0.25, -0.2) is 0 Å². The maximum atomic E-state index is 11.8. The maximum absolute atomic E-state index is 11.8. The second kappa shape index (κ2) is 11.1. The van der Waals surface area contributed by atoms with Gasteiger partial charge in [0.15, 0.2) is 0 Å². The molecular formula is C18H30N4O2. The number of aryl methyl sites for hydroxylation is 1. The van der Waals surface area contributed by atoms with Crippen molar-refractivity contribution < 1.29 is 9.90 Å². The van der Waals surface area contributed by atoms with Gasteiger partial charge in [0, 0.05) is 52.4 Å². The molecule has 6 nitrogen and oxygen atoms in total. The summed E-state index contributed by atoms with van der Waals surface area (Å²) in [6.45, 7) is 6.86. The highest BCUT2D eigenvalue weighted by atomic mass is 16.4. The number of hydrogen-bond donors (Lipinski definition) is 4. The lowest BCUT2D eigenvalue weighted by Crippen LogP contribution is -2.48. The summed E-state index contributed by atoms with van der Waals surface area (Å²) in [6, 6.07) is 9.68. The minimum atomic E-state index is -0.723. The van der Waals surface area contributed by atoms with Crippen LogP contribution in [-0.4, -0.2) is 74.4 Å². The summed E-state index contributed by atoms with van der Waals surface area (Å²) in [6.07, 6.45) is 1.43. The molecule has 1 heterocycles. The average Bonchev–Trinajstić information content (AvgIpc) is 2.57. The number of benzene rings is 1. The fourth-order valence-corrected chi connectivity index (χ4v) is 3.01. The van der Waals surface area contributed by atoms with E-state index in [1.165, 1.54) is 5.56 Å². The van der Waals surface area contributed by atoms with Crippen molar-refractivity contribution >= 4 is 5.97 Å². The fourth-order valence-electron chi connectivity index (χ4n) is 3.01. The number of carboxylic acid groups (broad SMARTS) is 1. The van der Waals surface area contributed by atoms with Crippen LogP contribution in [0.4, 0.5) is 0 Å². The molecular weight excluding hydrogens is 304 g/mol. The van der Waals surface area contributed by atoms with Crippen LogP contribution in [0.3, 0.4) is 0 Å². The molecule has 1 aromatic carbocycles. The maximum Gasteiger partial charge on any atom is 0.320 e. The first-order chi connectivity index (χ1) is 11.8. The normalized spacial score (nSPS) is 19.8. The molecule has 0 bridgehead atoms. The topological polar surface area (TPSA) is 76.6 Å². The standard InChI is InChI=1S/C18H30N4O2/c23-18(24)17(7-6-16-4-2-1-3-5-16)22-14-12-20-10-8-19-9-11-21-13-15-22/h1-5,17,19-21H,6-15H2,(H,23,24). The Labute approximate surface area is 144 Å². The van der Waals surface area contributed by atoms with Crippen LogP contribution in [0.1, 0.15) is 12.0 Å². The minimum absolute atomic E-state index is 0.435. The molecule has 1 atom stereocenters. The van der Waals surface area contributed by atoms with Gasteiger partial charge in [-0.3, -0.25) is 9.69 Å². The summed E-state index contributed by atoms with van der Waals surface area (Å²) >= 11 is 0. The fraction of sp³-hybridized carbons (Fsp3) is 0.611. The first-order valence-corrected chi connectivity index (χ1v) is 8.90. The summed E-state index contributed by atoms with van der Waals surface area (Å²) in [7, 11) is 0. The zero-order valence-corrected chi connectivity index (χ0v) is 14.3. The number of nitrogens with zero attached hydrogens (tertiary/aromatic N) is 1. The van der Waals surface area contributed by atoms with Gasteiger partial charge in [-0.15, -0.1) is 0 Å². The third-order valence-corrected chi connectivity index (χ3v) is 4.38. The molecule has 4 N–H and O–H groups in total. The second-order valence-corrected chi connectivity index (χ2v) is 6.16. The number of carbonyl (C=O) groups is 1. The highest BCUT2D eigenvalue weighted by molar-refractivity contribution is 5.73. The number of rotatable bonds is 5. The van der Waals surface area contributed by atoms with Crippen molar-refractivity contribution in [3.05, 3.63) is 35.9 Å². The van der Waals surface area contributed by atoms with Crippen LogP contribution in [0.5, 0.6) is 0 Å². The van der Waals surface area contributed by atoms with Crippen molar-refractivity contribution in [3.63, 3.8) is 0 Å². The first kappa shape index (κ1) is 18.9. The quantitative estimate of drug-likeness (QED) is 0.614. The minimum Gasteiger partial charge on any atom is -0.480 e. The highest BCUT2D eigenvalue weighted by Gasteiger charge is 2.24. The smallest absolute Gasteiger partial charge is 0.320 e. The molecule has 0 radical (unpaired) electrons. The third-order valence-electron chi connectivity index (χ3n) is 4.38. The zero-order valence-electron chi connectivity index (χ0n) is 14.3. The summed E-state index contributed by atoms with van der Waals surface area (Å²) in [5, 5.41) is 19.8. The largest absolute Gasteiger partial charge is 0.480 e. The Morgan fingerprint density at radius 1 is 0.958 bits per heavy atom. The molecule has 0 spiro atoms. The van der Waals surface area contributed by atoms with E-state index in [4.69, 9.17) is 0 Å². The van der Waals surface area contributed by atoms with E-state index in [2.05, 4.69) is 33.0 Å². The molecule has 0 aromatic heterocycles. The lowest BCUT2D eigenvalue weighted by atomic mass is 10.0. The van der Waals surface area contributed by atoms with Crippen molar-refractivity contribution in [2.45, 2.75) is 18.9 Å². The molecule has 2 rings (SSSR count). The molecule has 1 saturated heterocycles. The molecule has 1 fully saturated rings. The summed E-state index contributed by atoms with van der Waals surface area (Å²) in [4.78, 5) is 13.9. The van der Waals surface area contributed by atoms with Crippen LogP contribution in [0, 0.1) is 0 Å². The molecule has 134 valence electrons. The van der Waals surface area contributed by atoms with Gasteiger partial charge in [-0.05, 0) is 18.4 Å². The summed E-state index contributed by atoms with van der Waals surface area (Å²) < 4.78 is 0. The number of hydrogen-bond acceptors (Lipinski definition) is 5. The van der Waals surface area contributed by atoms with E-state index in [0.717, 1.165) is 58.8 Å². The molecule has 0 aliphatic carbocycles. The predicted molar refractivity (Wildman–Crippen MR) is 96.4 cm³/mol.